The van der Waals surface area contributed by atoms with E-state index in [1.165, 1.54) is 0 Å². The summed E-state index contributed by atoms with van der Waals surface area (Å²) in [7, 11) is 0. The van der Waals surface area contributed by atoms with E-state index in [-0.39, 0.29) is 88.7 Å². The van der Waals surface area contributed by atoms with E-state index in [0.29, 0.717) is 11.1 Å². The lowest BCUT2D eigenvalue weighted by Crippen LogP contribution is -2.60. The Bertz CT molecular complexity index is 2370. The Balaban J connectivity index is 1.59. The molecule has 0 bridgehead atoms. The van der Waals surface area contributed by atoms with Crippen molar-refractivity contribution in [1.82, 2.24) is 42.1 Å². The van der Waals surface area contributed by atoms with Crippen LogP contribution in [-0.2, 0) is 65.6 Å². The second kappa shape index (κ2) is 28.8. The molecule has 2 aromatic rings. The molecule has 0 aliphatic carbocycles. The topological polar surface area (TPSA) is 412 Å². The Morgan fingerprint density at radius 1 is 0.676 bits per heavy atom. The fourth-order valence-corrected chi connectivity index (χ4v) is 8.49. The van der Waals surface area contributed by atoms with Crippen molar-refractivity contribution in [3.8, 4) is 0 Å². The minimum atomic E-state index is -1.55. The van der Waals surface area contributed by atoms with E-state index in [1.54, 1.807) is 60.7 Å². The van der Waals surface area contributed by atoms with Gasteiger partial charge < -0.3 is 70.2 Å². The first-order valence-corrected chi connectivity index (χ1v) is 24.5. The predicted molar refractivity (Wildman–Crippen MR) is 267 cm³/mol. The molecule has 2 aromatic carbocycles. The minimum Gasteiger partial charge on any atom is -0.481 e. The lowest BCUT2D eigenvalue weighted by Gasteiger charge is -2.31. The number of aliphatic imine (C=N–C) groups is 1. The number of carbonyl (C=O) groups is 11. The molecule has 8 atom stereocenters. The molecule has 25 nitrogen and oxygen atoms in total. The summed E-state index contributed by atoms with van der Waals surface area (Å²) in [5, 5.41) is 28.0. The van der Waals surface area contributed by atoms with Crippen LogP contribution >= 0.6 is 0 Å². The van der Waals surface area contributed by atoms with E-state index in [1.807, 2.05) is 13.8 Å². The number of likely N-dealkylation sites (tertiary alicyclic amines) is 1. The molecule has 4 rings (SSSR count). The van der Waals surface area contributed by atoms with Crippen LogP contribution < -0.4 is 60.2 Å². The third kappa shape index (κ3) is 19.1. The Hall–Kier alpha value is -8.12. The monoisotopic (exact) mass is 1030 g/mol. The molecule has 0 radical (unpaired) electrons. The standard InChI is InChI=1S/C49H69N13O12/c1-27(2)23-34(59-46(72)36(25-29-13-7-4-8-14-29)60-43(69)31-17-19-39(64)55-31)44(70)61-35(24-28-11-5-3-6-12-28)45(71)57-32(18-20-40(65)66)48(74)62-22-10-16-37(62)47(73)56-30(15-9-21-54-49(52)53)42(68)58-33(41(51)67)26-38(50)63/h3-8,11-14,27,30-37H,9-10,15-26H2,1-2H3,(H2,50,63)(H2,51,67)(H,55,64)(H,56,73)(H,57,71)(H,58,68)(H,59,72)(H,60,69)(H,61,70)(H,65,66)(H4,52,53,54)/t30-,31-,32-,33-,34-,35-,36-,37-/m0/s1. The molecule has 0 saturated carbocycles. The molecule has 402 valence electrons. The Morgan fingerprint density at radius 3 is 1.73 bits per heavy atom. The molecule has 10 amide bonds. The second-order valence-electron chi connectivity index (χ2n) is 18.7. The van der Waals surface area contributed by atoms with Gasteiger partial charge in [-0.1, -0.05) is 74.5 Å². The summed E-state index contributed by atoms with van der Waals surface area (Å²) in [5.41, 5.74) is 22.7. The number of carboxylic acid groups (broad SMARTS) is 1. The van der Waals surface area contributed by atoms with Gasteiger partial charge in [-0.3, -0.25) is 57.7 Å². The smallest absolute Gasteiger partial charge is 0.303 e. The van der Waals surface area contributed by atoms with E-state index >= 15 is 0 Å². The summed E-state index contributed by atoms with van der Waals surface area (Å²) in [6.45, 7) is 3.65. The van der Waals surface area contributed by atoms with Crippen molar-refractivity contribution in [1.29, 1.82) is 0 Å². The van der Waals surface area contributed by atoms with Crippen LogP contribution in [-0.4, -0.2) is 142 Å². The lowest BCUT2D eigenvalue weighted by atomic mass is 9.99. The largest absolute Gasteiger partial charge is 0.481 e. The van der Waals surface area contributed by atoms with Crippen molar-refractivity contribution < 1.29 is 57.8 Å². The highest BCUT2D eigenvalue weighted by Gasteiger charge is 2.41. The summed E-state index contributed by atoms with van der Waals surface area (Å²) in [5.74, 6) is -9.55. The maximum absolute atomic E-state index is 14.5. The third-order valence-electron chi connectivity index (χ3n) is 12.2. The Kier molecular flexibility index (Phi) is 22.7. The fraction of sp³-hybridized carbons (Fsp3) is 0.510. The number of primary amides is 2. The van der Waals surface area contributed by atoms with Gasteiger partial charge >= 0.3 is 5.97 Å². The van der Waals surface area contributed by atoms with Gasteiger partial charge in [-0.05, 0) is 62.0 Å². The highest BCUT2D eigenvalue weighted by atomic mass is 16.4. The van der Waals surface area contributed by atoms with Crippen molar-refractivity contribution in [2.75, 3.05) is 13.1 Å². The molecular weight excluding hydrogens is 963 g/mol. The van der Waals surface area contributed by atoms with Crippen molar-refractivity contribution in [2.45, 2.75) is 139 Å². The molecule has 74 heavy (non-hydrogen) atoms. The maximum atomic E-state index is 14.5. The molecule has 0 aromatic heterocycles. The maximum Gasteiger partial charge on any atom is 0.303 e. The number of nitrogens with one attached hydrogen (secondary N) is 7. The van der Waals surface area contributed by atoms with Gasteiger partial charge in [-0.15, -0.1) is 0 Å². The molecule has 2 heterocycles. The number of carbonyl (C=O) groups excluding carboxylic acids is 10. The van der Waals surface area contributed by atoms with Crippen LogP contribution in [0.5, 0.6) is 0 Å². The van der Waals surface area contributed by atoms with E-state index in [0.717, 1.165) is 4.90 Å². The second-order valence-corrected chi connectivity index (χ2v) is 18.7. The normalized spacial score (nSPS) is 17.4. The highest BCUT2D eigenvalue weighted by molar-refractivity contribution is 5.99. The van der Waals surface area contributed by atoms with Crippen LogP contribution in [0.1, 0.15) is 89.2 Å². The zero-order chi connectivity index (χ0) is 54.5. The molecule has 25 heteroatoms. The average Bonchev–Trinajstić information content (AvgIpc) is 4.02. The number of nitrogens with two attached hydrogens (primary N) is 4. The Labute approximate surface area is 427 Å². The van der Waals surface area contributed by atoms with Crippen molar-refractivity contribution >= 4 is 71.0 Å². The Morgan fingerprint density at radius 2 is 1.20 bits per heavy atom. The summed E-state index contributed by atoms with van der Waals surface area (Å²) < 4.78 is 0. The van der Waals surface area contributed by atoms with E-state index in [4.69, 9.17) is 22.9 Å². The predicted octanol–water partition coefficient (Wildman–Crippen LogP) is -3.02. The minimum absolute atomic E-state index is 0.0121. The van der Waals surface area contributed by atoms with Crippen LogP contribution in [0, 0.1) is 5.92 Å². The van der Waals surface area contributed by atoms with Gasteiger partial charge in [0.25, 0.3) is 0 Å². The molecule has 0 spiro atoms. The number of guanidine groups is 1. The van der Waals surface area contributed by atoms with Gasteiger partial charge in [0.1, 0.15) is 48.3 Å². The number of aliphatic carboxylic acids is 1. The van der Waals surface area contributed by atoms with Crippen LogP contribution in [0.3, 0.4) is 0 Å². The van der Waals surface area contributed by atoms with E-state index in [2.05, 4.69) is 42.2 Å². The molecule has 0 unspecified atom stereocenters. The van der Waals surface area contributed by atoms with Crippen LogP contribution in [0.25, 0.3) is 0 Å². The quantitative estimate of drug-likeness (QED) is 0.0219. The number of hydrogen-bond acceptors (Lipinski definition) is 12. The first-order chi connectivity index (χ1) is 35.1. The van der Waals surface area contributed by atoms with E-state index < -0.39 is 127 Å². The number of carboxylic acids is 1. The molecule has 2 aliphatic heterocycles. The highest BCUT2D eigenvalue weighted by Crippen LogP contribution is 2.21. The number of hydrogen-bond donors (Lipinski definition) is 12. The molecule has 2 aliphatic rings. The van der Waals surface area contributed by atoms with E-state index in [9.17, 15) is 57.8 Å². The molecule has 2 saturated heterocycles. The lowest BCUT2D eigenvalue weighted by molar-refractivity contribution is -0.143. The zero-order valence-corrected chi connectivity index (χ0v) is 41.5. The van der Waals surface area contributed by atoms with Gasteiger partial charge in [0.05, 0.1) is 6.42 Å². The van der Waals surface area contributed by atoms with Gasteiger partial charge in [0.2, 0.25) is 59.1 Å². The summed E-state index contributed by atoms with van der Waals surface area (Å²) in [6, 6.07) is 7.00. The summed E-state index contributed by atoms with van der Waals surface area (Å²) in [4.78, 5) is 151. The number of nitrogens with zero attached hydrogens (tertiary/aromatic N) is 2. The van der Waals surface area contributed by atoms with Crippen molar-refractivity contribution in [3.05, 3.63) is 71.8 Å². The molecule has 2 fully saturated rings. The first-order valence-electron chi connectivity index (χ1n) is 24.5. The summed E-state index contributed by atoms with van der Waals surface area (Å²) in [6.07, 6.45) is -0.868. The third-order valence-corrected chi connectivity index (χ3v) is 12.2. The molecular formula is C49H69N13O12. The zero-order valence-electron chi connectivity index (χ0n) is 41.5. The van der Waals surface area contributed by atoms with Gasteiger partial charge in [-0.25, -0.2) is 0 Å². The number of amides is 10. The van der Waals surface area contributed by atoms with Crippen LogP contribution in [0.4, 0.5) is 0 Å². The summed E-state index contributed by atoms with van der Waals surface area (Å²) >= 11 is 0. The number of rotatable bonds is 29. The first kappa shape index (κ1) is 58.5. The van der Waals surface area contributed by atoms with Gasteiger partial charge in [-0.2, -0.15) is 0 Å². The van der Waals surface area contributed by atoms with Crippen LogP contribution in [0.15, 0.2) is 65.7 Å². The van der Waals surface area contributed by atoms with Crippen LogP contribution in [0.2, 0.25) is 0 Å². The SMILES string of the molecule is CC(C)C[C@H](NC(=O)[C@H](Cc1ccccc1)NC(=O)[C@@H]1CCC(=O)N1)C(=O)N[C@@H](Cc1ccccc1)C(=O)N[C@@H](CCC(=O)O)C(=O)N1CCC[C@H]1C(=O)N[C@@H](CCCN=C(N)N)C(=O)N[C@@H](CC(N)=O)C(N)=O. The van der Waals surface area contributed by atoms with Crippen molar-refractivity contribution in [2.24, 2.45) is 33.8 Å². The average molecular weight is 1030 g/mol. The number of benzene rings is 2. The van der Waals surface area contributed by atoms with Gasteiger partial charge in [0.15, 0.2) is 5.96 Å². The van der Waals surface area contributed by atoms with Gasteiger partial charge in [0, 0.05) is 38.8 Å². The fourth-order valence-electron chi connectivity index (χ4n) is 8.49. The molecule has 16 N–H and O–H groups in total. The van der Waals surface area contributed by atoms with Crippen molar-refractivity contribution in [3.63, 3.8) is 0 Å².